The van der Waals surface area contributed by atoms with Crippen LogP contribution in [-0.4, -0.2) is 23.5 Å². The molecule has 4 heteroatoms. The maximum Gasteiger partial charge on any atom is 0.417 e. The molecule has 4 nitrogen and oxygen atoms in total. The van der Waals surface area contributed by atoms with E-state index in [1.807, 2.05) is 48.5 Å². The van der Waals surface area contributed by atoms with Crippen molar-refractivity contribution in [3.8, 4) is 0 Å². The highest BCUT2D eigenvalue weighted by Gasteiger charge is 2.39. The van der Waals surface area contributed by atoms with Crippen molar-refractivity contribution in [2.24, 2.45) is 5.92 Å². The Balaban J connectivity index is 1.53. The van der Waals surface area contributed by atoms with E-state index in [1.165, 1.54) is 29.7 Å². The summed E-state index contributed by atoms with van der Waals surface area (Å²) in [4.78, 5) is 26.8. The second kappa shape index (κ2) is 7.95. The number of hydrogen-bond acceptors (Lipinski definition) is 3. The van der Waals surface area contributed by atoms with Gasteiger partial charge in [0.1, 0.15) is 12.6 Å². The summed E-state index contributed by atoms with van der Waals surface area (Å²) in [6, 6.07) is 19.5. The van der Waals surface area contributed by atoms with Crippen molar-refractivity contribution in [2.75, 3.05) is 6.61 Å². The Morgan fingerprint density at radius 3 is 2.33 bits per heavy atom. The van der Waals surface area contributed by atoms with Crippen molar-refractivity contribution >= 4 is 12.0 Å². The van der Waals surface area contributed by atoms with Crippen molar-refractivity contribution in [1.82, 2.24) is 4.90 Å². The third-order valence-electron chi connectivity index (χ3n) is 5.86. The van der Waals surface area contributed by atoms with Gasteiger partial charge in [-0.15, -0.1) is 0 Å². The van der Waals surface area contributed by atoms with Crippen LogP contribution in [0.4, 0.5) is 4.79 Å². The zero-order valence-electron chi connectivity index (χ0n) is 15.4. The van der Waals surface area contributed by atoms with Crippen LogP contribution < -0.4 is 0 Å². The standard InChI is InChI=1S/C23H25NO3/c25-22(24-21(16-27-23(24)26)19-12-5-2-6-13-19)15-20(14-17-8-7-9-17)18-10-3-1-4-11-18/h1-6,10-13,17,20-21H,7-9,14-16H2/t20?,21-/m1/s1. The molecule has 1 unspecified atom stereocenters. The first-order chi connectivity index (χ1) is 13.2. The quantitative estimate of drug-likeness (QED) is 0.720. The molecule has 0 radical (unpaired) electrons. The van der Waals surface area contributed by atoms with Crippen molar-refractivity contribution in [1.29, 1.82) is 0 Å². The molecule has 2 amide bonds. The highest BCUT2D eigenvalue weighted by Crippen LogP contribution is 2.38. The fourth-order valence-corrected chi connectivity index (χ4v) is 4.12. The maximum atomic E-state index is 13.1. The second-order valence-corrected chi connectivity index (χ2v) is 7.61. The lowest BCUT2D eigenvalue weighted by molar-refractivity contribution is -0.129. The molecule has 27 heavy (non-hydrogen) atoms. The van der Waals surface area contributed by atoms with Crippen LogP contribution in [0.15, 0.2) is 60.7 Å². The Bertz CT molecular complexity index is 786. The number of carbonyl (C=O) groups excluding carboxylic acids is 2. The van der Waals surface area contributed by atoms with Crippen molar-refractivity contribution in [3.05, 3.63) is 71.8 Å². The molecule has 1 aliphatic carbocycles. The summed E-state index contributed by atoms with van der Waals surface area (Å²) < 4.78 is 5.22. The third kappa shape index (κ3) is 3.90. The van der Waals surface area contributed by atoms with Crippen LogP contribution in [0.25, 0.3) is 0 Å². The Labute approximate surface area is 160 Å². The van der Waals surface area contributed by atoms with Gasteiger partial charge in [-0.05, 0) is 29.4 Å². The molecule has 2 aliphatic rings. The average molecular weight is 363 g/mol. The Hall–Kier alpha value is -2.62. The monoisotopic (exact) mass is 363 g/mol. The number of cyclic esters (lactones) is 1. The summed E-state index contributed by atoms with van der Waals surface area (Å²) in [5.41, 5.74) is 2.12. The van der Waals surface area contributed by atoms with E-state index >= 15 is 0 Å². The van der Waals surface area contributed by atoms with Gasteiger partial charge >= 0.3 is 6.09 Å². The SMILES string of the molecule is O=C(CC(CC1CCC1)c1ccccc1)N1C(=O)OC[C@@H]1c1ccccc1. The molecule has 1 saturated carbocycles. The molecule has 4 rings (SSSR count). The number of rotatable bonds is 6. The number of nitrogens with zero attached hydrogens (tertiary/aromatic N) is 1. The van der Waals surface area contributed by atoms with Crippen molar-refractivity contribution < 1.29 is 14.3 Å². The maximum absolute atomic E-state index is 13.1. The first kappa shape index (κ1) is 17.8. The molecule has 2 aromatic carbocycles. The van der Waals surface area contributed by atoms with E-state index in [0.717, 1.165) is 12.0 Å². The summed E-state index contributed by atoms with van der Waals surface area (Å²) >= 11 is 0. The highest BCUT2D eigenvalue weighted by molar-refractivity contribution is 5.94. The van der Waals surface area contributed by atoms with Gasteiger partial charge in [-0.25, -0.2) is 9.69 Å². The average Bonchev–Trinajstić information content (AvgIpc) is 3.06. The summed E-state index contributed by atoms with van der Waals surface area (Å²) in [5, 5.41) is 0. The molecule has 1 heterocycles. The molecule has 0 N–H and O–H groups in total. The van der Waals surface area contributed by atoms with Gasteiger partial charge in [0.25, 0.3) is 0 Å². The molecule has 1 saturated heterocycles. The summed E-state index contributed by atoms with van der Waals surface area (Å²) in [7, 11) is 0. The normalized spacial score (nSPS) is 20.8. The predicted octanol–water partition coefficient (Wildman–Crippen LogP) is 5.07. The zero-order valence-corrected chi connectivity index (χ0v) is 15.4. The summed E-state index contributed by atoms with van der Waals surface area (Å²) in [5.74, 6) is 0.701. The second-order valence-electron chi connectivity index (χ2n) is 7.61. The van der Waals surface area contributed by atoms with E-state index in [4.69, 9.17) is 4.74 Å². The van der Waals surface area contributed by atoms with Crippen LogP contribution in [0.3, 0.4) is 0 Å². The lowest BCUT2D eigenvalue weighted by Crippen LogP contribution is -2.35. The van der Waals surface area contributed by atoms with Crippen LogP contribution in [-0.2, 0) is 9.53 Å². The van der Waals surface area contributed by atoms with Gasteiger partial charge in [-0.1, -0.05) is 79.9 Å². The Kier molecular flexibility index (Phi) is 5.23. The fraction of sp³-hybridized carbons (Fsp3) is 0.391. The molecular weight excluding hydrogens is 338 g/mol. The molecule has 0 spiro atoms. The number of carbonyl (C=O) groups is 2. The topological polar surface area (TPSA) is 46.6 Å². The van der Waals surface area contributed by atoms with Crippen molar-refractivity contribution in [2.45, 2.75) is 44.1 Å². The number of benzene rings is 2. The summed E-state index contributed by atoms with van der Waals surface area (Å²) in [6.45, 7) is 0.229. The van der Waals surface area contributed by atoms with Gasteiger partial charge < -0.3 is 4.74 Å². The minimum atomic E-state index is -0.524. The van der Waals surface area contributed by atoms with Gasteiger partial charge in [0, 0.05) is 6.42 Å². The van der Waals surface area contributed by atoms with E-state index in [-0.39, 0.29) is 24.5 Å². The Morgan fingerprint density at radius 1 is 1.04 bits per heavy atom. The lowest BCUT2D eigenvalue weighted by Gasteiger charge is -2.30. The van der Waals surface area contributed by atoms with Gasteiger partial charge in [0.2, 0.25) is 5.91 Å². The van der Waals surface area contributed by atoms with Gasteiger partial charge in [0.15, 0.2) is 0 Å². The lowest BCUT2D eigenvalue weighted by atomic mass is 9.76. The molecule has 2 fully saturated rings. The minimum absolute atomic E-state index is 0.139. The molecule has 0 aromatic heterocycles. The number of imide groups is 1. The van der Waals surface area contributed by atoms with Crippen LogP contribution in [0.2, 0.25) is 0 Å². The fourth-order valence-electron chi connectivity index (χ4n) is 4.12. The van der Waals surface area contributed by atoms with Crippen LogP contribution in [0, 0.1) is 5.92 Å². The van der Waals surface area contributed by atoms with Gasteiger partial charge in [-0.2, -0.15) is 0 Å². The van der Waals surface area contributed by atoms with E-state index < -0.39 is 6.09 Å². The number of hydrogen-bond donors (Lipinski definition) is 0. The molecule has 2 aromatic rings. The minimum Gasteiger partial charge on any atom is -0.446 e. The third-order valence-corrected chi connectivity index (χ3v) is 5.86. The number of amides is 2. The smallest absolute Gasteiger partial charge is 0.417 e. The van der Waals surface area contributed by atoms with E-state index in [2.05, 4.69) is 12.1 Å². The molecule has 1 aliphatic heterocycles. The first-order valence-corrected chi connectivity index (χ1v) is 9.81. The van der Waals surface area contributed by atoms with E-state index in [1.54, 1.807) is 0 Å². The predicted molar refractivity (Wildman–Crippen MR) is 103 cm³/mol. The van der Waals surface area contributed by atoms with Gasteiger partial charge in [0.05, 0.1) is 0 Å². The van der Waals surface area contributed by atoms with Crippen molar-refractivity contribution in [3.63, 3.8) is 0 Å². The largest absolute Gasteiger partial charge is 0.446 e. The molecule has 2 atom stereocenters. The van der Waals surface area contributed by atoms with Crippen LogP contribution in [0.1, 0.15) is 55.2 Å². The summed E-state index contributed by atoms with van der Waals surface area (Å²) in [6.07, 6.45) is 4.61. The zero-order chi connectivity index (χ0) is 18.6. The molecular formula is C23H25NO3. The number of ether oxygens (including phenoxy) is 1. The van der Waals surface area contributed by atoms with E-state index in [0.29, 0.717) is 12.3 Å². The van der Waals surface area contributed by atoms with Gasteiger partial charge in [-0.3, -0.25) is 4.79 Å². The Morgan fingerprint density at radius 2 is 1.70 bits per heavy atom. The molecule has 140 valence electrons. The molecule has 0 bridgehead atoms. The van der Waals surface area contributed by atoms with Crippen LogP contribution in [0.5, 0.6) is 0 Å². The van der Waals surface area contributed by atoms with Crippen LogP contribution >= 0.6 is 0 Å². The highest BCUT2D eigenvalue weighted by atomic mass is 16.6. The first-order valence-electron chi connectivity index (χ1n) is 9.81. The van der Waals surface area contributed by atoms with E-state index in [9.17, 15) is 9.59 Å².